The van der Waals surface area contributed by atoms with Crippen LogP contribution in [0.3, 0.4) is 0 Å². The molecule has 0 unspecified atom stereocenters. The molecular weight excluding hydrogens is 248 g/mol. The fraction of sp³-hybridized carbons (Fsp3) is 0.700. The summed E-state index contributed by atoms with van der Waals surface area (Å²) in [5.74, 6) is 0.691. The topological polar surface area (TPSA) is 52.0 Å². The minimum atomic E-state index is -3.41. The van der Waals surface area contributed by atoms with Gasteiger partial charge in [-0.1, -0.05) is 6.42 Å². The van der Waals surface area contributed by atoms with Crippen LogP contribution < -0.4 is 0 Å². The zero-order valence-electron chi connectivity index (χ0n) is 8.97. The maximum absolute atomic E-state index is 10.9. The first-order valence-electron chi connectivity index (χ1n) is 5.47. The van der Waals surface area contributed by atoms with Crippen molar-refractivity contribution in [3.8, 4) is 0 Å². The molecule has 1 aromatic rings. The second-order valence-electron chi connectivity index (χ2n) is 4.29. The molecule has 1 fully saturated rings. The van der Waals surface area contributed by atoms with Gasteiger partial charge in [-0.15, -0.1) is 0 Å². The Kier molecular flexibility index (Phi) is 3.54. The molecule has 1 aromatic heterocycles. The van der Waals surface area contributed by atoms with Crippen LogP contribution in [-0.2, 0) is 22.0 Å². The van der Waals surface area contributed by atoms with Crippen molar-refractivity contribution in [3.05, 3.63) is 18.0 Å². The first-order valence-corrected chi connectivity index (χ1v) is 7.95. The minimum absolute atomic E-state index is 0.0229. The normalized spacial score (nSPS) is 17.3. The van der Waals surface area contributed by atoms with Crippen molar-refractivity contribution in [2.75, 3.05) is 5.75 Å². The van der Waals surface area contributed by atoms with Crippen molar-refractivity contribution in [2.45, 2.75) is 32.2 Å². The van der Waals surface area contributed by atoms with Gasteiger partial charge in [-0.05, 0) is 24.8 Å². The van der Waals surface area contributed by atoms with Crippen molar-refractivity contribution < 1.29 is 8.42 Å². The molecule has 1 saturated carbocycles. The molecular formula is C10H15ClN2O2S. The van der Waals surface area contributed by atoms with E-state index in [1.165, 1.54) is 19.3 Å². The Morgan fingerprint density at radius 1 is 1.50 bits per heavy atom. The minimum Gasteiger partial charge on any atom is -0.269 e. The Hall–Kier alpha value is -0.550. The van der Waals surface area contributed by atoms with Crippen LogP contribution in [0.4, 0.5) is 0 Å². The van der Waals surface area contributed by atoms with E-state index >= 15 is 0 Å². The van der Waals surface area contributed by atoms with Crippen molar-refractivity contribution in [1.29, 1.82) is 0 Å². The summed E-state index contributed by atoms with van der Waals surface area (Å²) in [6, 6.07) is 1.86. The van der Waals surface area contributed by atoms with Gasteiger partial charge < -0.3 is 0 Å². The average molecular weight is 263 g/mol. The summed E-state index contributed by atoms with van der Waals surface area (Å²) in [7, 11) is 1.78. The van der Waals surface area contributed by atoms with E-state index in [9.17, 15) is 8.42 Å². The molecule has 0 saturated heterocycles. The molecule has 0 N–H and O–H groups in total. The lowest BCUT2D eigenvalue weighted by Crippen LogP contribution is -2.20. The zero-order chi connectivity index (χ0) is 11.6. The monoisotopic (exact) mass is 262 g/mol. The van der Waals surface area contributed by atoms with Gasteiger partial charge in [0, 0.05) is 35.5 Å². The summed E-state index contributed by atoms with van der Waals surface area (Å²) >= 11 is 0. The van der Waals surface area contributed by atoms with E-state index in [2.05, 4.69) is 5.10 Å². The van der Waals surface area contributed by atoms with Crippen LogP contribution in [0, 0.1) is 5.92 Å². The molecule has 16 heavy (non-hydrogen) atoms. The fourth-order valence-electron chi connectivity index (χ4n) is 1.88. The van der Waals surface area contributed by atoms with Crippen molar-refractivity contribution in [2.24, 2.45) is 5.92 Å². The number of hydrogen-bond donors (Lipinski definition) is 0. The van der Waals surface area contributed by atoms with Crippen LogP contribution in [0.5, 0.6) is 0 Å². The van der Waals surface area contributed by atoms with Crippen LogP contribution in [0.25, 0.3) is 0 Å². The molecule has 0 atom stereocenters. The van der Waals surface area contributed by atoms with E-state index < -0.39 is 9.05 Å². The Morgan fingerprint density at radius 2 is 2.25 bits per heavy atom. The van der Waals surface area contributed by atoms with Gasteiger partial charge >= 0.3 is 0 Å². The quantitative estimate of drug-likeness (QED) is 0.761. The number of rotatable bonds is 5. The van der Waals surface area contributed by atoms with E-state index in [0.717, 1.165) is 12.2 Å². The first-order chi connectivity index (χ1) is 7.54. The average Bonchev–Trinajstić information content (AvgIpc) is 2.54. The van der Waals surface area contributed by atoms with Gasteiger partial charge in [-0.25, -0.2) is 8.42 Å². The summed E-state index contributed by atoms with van der Waals surface area (Å²) in [6.45, 7) is 0.907. The zero-order valence-corrected chi connectivity index (χ0v) is 10.5. The third-order valence-corrected chi connectivity index (χ3v) is 4.22. The lowest BCUT2D eigenvalue weighted by molar-refractivity contribution is 0.263. The van der Waals surface area contributed by atoms with Crippen LogP contribution in [0.2, 0.25) is 0 Å². The molecule has 1 aliphatic carbocycles. The molecule has 6 heteroatoms. The number of aromatic nitrogens is 2. The van der Waals surface area contributed by atoms with E-state index in [1.807, 2.05) is 10.7 Å². The maximum Gasteiger partial charge on any atom is 0.232 e. The number of hydrogen-bond acceptors (Lipinski definition) is 3. The summed E-state index contributed by atoms with van der Waals surface area (Å²) in [4.78, 5) is 0. The summed E-state index contributed by atoms with van der Waals surface area (Å²) in [6.07, 6.45) is 5.98. The molecule has 0 radical (unpaired) electrons. The van der Waals surface area contributed by atoms with Gasteiger partial charge in [0.1, 0.15) is 0 Å². The number of aryl methyl sites for hydroxylation is 1. The lowest BCUT2D eigenvalue weighted by atomic mass is 9.85. The van der Waals surface area contributed by atoms with E-state index in [1.54, 1.807) is 6.20 Å². The molecule has 0 aromatic carbocycles. The maximum atomic E-state index is 10.9. The van der Waals surface area contributed by atoms with Gasteiger partial charge in [0.05, 0.1) is 5.75 Å². The van der Waals surface area contributed by atoms with Gasteiger partial charge in [0.2, 0.25) is 9.05 Å². The standard InChI is InChI=1S/C10H15ClN2O2S/c11-16(14,15)7-5-10-4-6-12-13(10)8-9-2-1-3-9/h4,6,9H,1-3,5,7-8H2. The highest BCUT2D eigenvalue weighted by Gasteiger charge is 2.19. The number of halogens is 1. The molecule has 0 spiro atoms. The van der Waals surface area contributed by atoms with Crippen molar-refractivity contribution in [3.63, 3.8) is 0 Å². The highest BCUT2D eigenvalue weighted by molar-refractivity contribution is 8.13. The Labute approximate surface area is 100 Å². The van der Waals surface area contributed by atoms with Gasteiger partial charge in [-0.3, -0.25) is 4.68 Å². The first kappa shape index (κ1) is 11.9. The summed E-state index contributed by atoms with van der Waals surface area (Å²) < 4.78 is 23.6. The highest BCUT2D eigenvalue weighted by atomic mass is 35.7. The summed E-state index contributed by atoms with van der Waals surface area (Å²) in [5, 5.41) is 4.22. The Bertz CT molecular complexity index is 451. The molecule has 0 amide bonds. The predicted molar refractivity (Wildman–Crippen MR) is 62.9 cm³/mol. The SMILES string of the molecule is O=S(=O)(Cl)CCc1ccnn1CC1CCC1. The molecule has 2 rings (SSSR count). The van der Waals surface area contributed by atoms with Gasteiger partial charge in [0.15, 0.2) is 0 Å². The molecule has 0 bridgehead atoms. The Morgan fingerprint density at radius 3 is 2.81 bits per heavy atom. The van der Waals surface area contributed by atoms with E-state index in [-0.39, 0.29) is 5.75 Å². The van der Waals surface area contributed by atoms with Crippen molar-refractivity contribution in [1.82, 2.24) is 9.78 Å². The largest absolute Gasteiger partial charge is 0.269 e. The second-order valence-corrected chi connectivity index (χ2v) is 7.19. The second kappa shape index (κ2) is 4.75. The lowest BCUT2D eigenvalue weighted by Gasteiger charge is -2.25. The molecule has 1 heterocycles. The van der Waals surface area contributed by atoms with Crippen LogP contribution in [0.15, 0.2) is 12.3 Å². The van der Waals surface area contributed by atoms with Gasteiger partial charge in [0.25, 0.3) is 0 Å². The summed E-state index contributed by atoms with van der Waals surface area (Å²) in [5.41, 5.74) is 0.955. The third kappa shape index (κ3) is 3.22. The predicted octanol–water partition coefficient (Wildman–Crippen LogP) is 1.79. The van der Waals surface area contributed by atoms with Crippen LogP contribution in [0.1, 0.15) is 25.0 Å². The highest BCUT2D eigenvalue weighted by Crippen LogP contribution is 2.28. The smallest absolute Gasteiger partial charge is 0.232 e. The van der Waals surface area contributed by atoms with Crippen molar-refractivity contribution >= 4 is 19.7 Å². The van der Waals surface area contributed by atoms with Crippen LogP contribution in [-0.4, -0.2) is 24.0 Å². The van der Waals surface area contributed by atoms with Crippen LogP contribution >= 0.6 is 10.7 Å². The van der Waals surface area contributed by atoms with E-state index in [0.29, 0.717) is 12.3 Å². The molecule has 0 aliphatic heterocycles. The Balaban J connectivity index is 1.95. The molecule has 4 nitrogen and oxygen atoms in total. The fourth-order valence-corrected chi connectivity index (χ4v) is 2.57. The molecule has 1 aliphatic rings. The van der Waals surface area contributed by atoms with Gasteiger partial charge in [-0.2, -0.15) is 5.10 Å². The van der Waals surface area contributed by atoms with E-state index in [4.69, 9.17) is 10.7 Å². The molecule has 90 valence electrons. The third-order valence-electron chi connectivity index (χ3n) is 3.06. The number of nitrogens with zero attached hydrogens (tertiary/aromatic N) is 2.